The summed E-state index contributed by atoms with van der Waals surface area (Å²) in [6.07, 6.45) is 1.64. The molecule has 122 valence electrons. The van der Waals surface area contributed by atoms with E-state index < -0.39 is 6.04 Å². The van der Waals surface area contributed by atoms with Crippen molar-refractivity contribution in [1.29, 1.82) is 0 Å². The first-order chi connectivity index (χ1) is 10.7. The highest BCUT2D eigenvalue weighted by atomic mass is 16.5. The summed E-state index contributed by atoms with van der Waals surface area (Å²) in [5.74, 6) is -0.0592. The topological polar surface area (TPSA) is 67.6 Å². The third kappa shape index (κ3) is 4.80. The number of nitrogens with two attached hydrogens (primary N) is 1. The number of nitrogens with zero attached hydrogens (tertiary/aromatic N) is 1. The van der Waals surface area contributed by atoms with E-state index in [-0.39, 0.29) is 11.9 Å². The highest BCUT2D eigenvalue weighted by Crippen LogP contribution is 2.21. The third-order valence-corrected chi connectivity index (χ3v) is 4.08. The third-order valence-electron chi connectivity index (χ3n) is 4.08. The van der Waals surface area contributed by atoms with E-state index in [9.17, 15) is 4.79 Å². The first-order valence-corrected chi connectivity index (χ1v) is 8.12. The Morgan fingerprint density at radius 1 is 1.32 bits per heavy atom. The van der Waals surface area contributed by atoms with Gasteiger partial charge < -0.3 is 15.8 Å². The lowest BCUT2D eigenvalue weighted by Gasteiger charge is -2.35. The number of hydrogen-bond acceptors (Lipinski definition) is 4. The van der Waals surface area contributed by atoms with Gasteiger partial charge in [0.05, 0.1) is 25.3 Å². The second kappa shape index (κ2) is 8.88. The van der Waals surface area contributed by atoms with E-state index in [1.54, 1.807) is 0 Å². The molecule has 1 heterocycles. The van der Waals surface area contributed by atoms with Crippen molar-refractivity contribution >= 4 is 5.91 Å². The van der Waals surface area contributed by atoms with Gasteiger partial charge in [0.25, 0.3) is 0 Å². The molecule has 0 aromatic heterocycles. The average Bonchev–Trinajstić information content (AvgIpc) is 2.57. The predicted octanol–water partition coefficient (Wildman–Crippen LogP) is 1.30. The quantitative estimate of drug-likeness (QED) is 0.797. The van der Waals surface area contributed by atoms with Crippen LogP contribution in [0.5, 0.6) is 0 Å². The number of rotatable bonds is 7. The van der Waals surface area contributed by atoms with Gasteiger partial charge in [0.15, 0.2) is 0 Å². The summed E-state index contributed by atoms with van der Waals surface area (Å²) in [7, 11) is 0. The van der Waals surface area contributed by atoms with Gasteiger partial charge in [-0.05, 0) is 12.0 Å². The Hall–Kier alpha value is -1.43. The number of hydrogen-bond donors (Lipinski definition) is 2. The summed E-state index contributed by atoms with van der Waals surface area (Å²) in [6, 6.07) is 10.1. The molecule has 3 N–H and O–H groups in total. The largest absolute Gasteiger partial charge is 0.379 e. The molecule has 1 saturated heterocycles. The standard InChI is InChI=1S/C17H27N3O2/c1-2-6-15(18)17(21)19-13-16(14-7-4-3-5-8-14)20-9-11-22-12-10-20/h3-5,7-8,15-16H,2,6,9-13,18H2,1H3,(H,19,21). The Morgan fingerprint density at radius 2 is 2.00 bits per heavy atom. The van der Waals surface area contributed by atoms with Crippen LogP contribution in [-0.4, -0.2) is 49.7 Å². The van der Waals surface area contributed by atoms with Gasteiger partial charge in [-0.25, -0.2) is 0 Å². The summed E-state index contributed by atoms with van der Waals surface area (Å²) >= 11 is 0. The van der Waals surface area contributed by atoms with E-state index in [0.717, 1.165) is 39.1 Å². The summed E-state index contributed by atoms with van der Waals surface area (Å²) in [5.41, 5.74) is 7.10. The molecule has 2 unspecified atom stereocenters. The average molecular weight is 305 g/mol. The van der Waals surface area contributed by atoms with E-state index in [1.807, 2.05) is 25.1 Å². The van der Waals surface area contributed by atoms with Crippen molar-refractivity contribution in [3.05, 3.63) is 35.9 Å². The Labute approximate surface area is 132 Å². The number of nitrogens with one attached hydrogen (secondary N) is 1. The number of carbonyl (C=O) groups is 1. The highest BCUT2D eigenvalue weighted by Gasteiger charge is 2.23. The lowest BCUT2D eigenvalue weighted by Crippen LogP contribution is -2.47. The monoisotopic (exact) mass is 305 g/mol. The molecule has 1 aromatic rings. The summed E-state index contributed by atoms with van der Waals surface area (Å²) in [6.45, 7) is 5.88. The molecular formula is C17H27N3O2. The van der Waals surface area contributed by atoms with E-state index >= 15 is 0 Å². The normalized spacial score (nSPS) is 18.6. The fourth-order valence-corrected chi connectivity index (χ4v) is 2.79. The van der Waals surface area contributed by atoms with Gasteiger partial charge in [-0.15, -0.1) is 0 Å². The highest BCUT2D eigenvalue weighted by molar-refractivity contribution is 5.81. The maximum atomic E-state index is 12.1. The van der Waals surface area contributed by atoms with Crippen LogP contribution in [-0.2, 0) is 9.53 Å². The lowest BCUT2D eigenvalue weighted by atomic mass is 10.0. The maximum absolute atomic E-state index is 12.1. The number of amides is 1. The molecule has 0 aliphatic carbocycles. The molecule has 0 bridgehead atoms. The van der Waals surface area contributed by atoms with Crippen molar-refractivity contribution in [3.63, 3.8) is 0 Å². The minimum absolute atomic E-state index is 0.0592. The van der Waals surface area contributed by atoms with E-state index in [0.29, 0.717) is 6.54 Å². The van der Waals surface area contributed by atoms with Crippen LogP contribution in [0, 0.1) is 0 Å². The van der Waals surface area contributed by atoms with Crippen molar-refractivity contribution in [2.75, 3.05) is 32.8 Å². The second-order valence-electron chi connectivity index (χ2n) is 5.72. The molecule has 5 nitrogen and oxygen atoms in total. The first kappa shape index (κ1) is 16.9. The Kier molecular flexibility index (Phi) is 6.83. The number of carbonyl (C=O) groups excluding carboxylic acids is 1. The molecule has 1 aromatic carbocycles. The number of morpholine rings is 1. The molecule has 1 aliphatic heterocycles. The molecular weight excluding hydrogens is 278 g/mol. The molecule has 0 spiro atoms. The van der Waals surface area contributed by atoms with E-state index in [2.05, 4.69) is 22.3 Å². The number of ether oxygens (including phenoxy) is 1. The van der Waals surface area contributed by atoms with Crippen LogP contribution in [0.4, 0.5) is 0 Å². The molecule has 2 atom stereocenters. The molecule has 1 fully saturated rings. The van der Waals surface area contributed by atoms with Gasteiger partial charge in [-0.3, -0.25) is 9.69 Å². The Morgan fingerprint density at radius 3 is 2.64 bits per heavy atom. The van der Waals surface area contributed by atoms with Crippen LogP contribution in [0.2, 0.25) is 0 Å². The molecule has 0 radical (unpaired) electrons. The fraction of sp³-hybridized carbons (Fsp3) is 0.588. The second-order valence-corrected chi connectivity index (χ2v) is 5.72. The molecule has 1 aliphatic rings. The summed E-state index contributed by atoms with van der Waals surface area (Å²) in [5, 5.41) is 3.02. The zero-order valence-electron chi connectivity index (χ0n) is 13.3. The van der Waals surface area contributed by atoms with Crippen molar-refractivity contribution < 1.29 is 9.53 Å². The van der Waals surface area contributed by atoms with E-state index in [4.69, 9.17) is 10.5 Å². The number of benzene rings is 1. The molecule has 22 heavy (non-hydrogen) atoms. The van der Waals surface area contributed by atoms with Crippen molar-refractivity contribution in [2.45, 2.75) is 31.8 Å². The van der Waals surface area contributed by atoms with Crippen LogP contribution in [0.25, 0.3) is 0 Å². The summed E-state index contributed by atoms with van der Waals surface area (Å²) in [4.78, 5) is 14.4. The van der Waals surface area contributed by atoms with Crippen LogP contribution in [0.3, 0.4) is 0 Å². The minimum Gasteiger partial charge on any atom is -0.379 e. The van der Waals surface area contributed by atoms with Gasteiger partial charge in [0.2, 0.25) is 5.91 Å². The first-order valence-electron chi connectivity index (χ1n) is 8.12. The van der Waals surface area contributed by atoms with Crippen molar-refractivity contribution in [3.8, 4) is 0 Å². The van der Waals surface area contributed by atoms with Crippen LogP contribution in [0.1, 0.15) is 31.4 Å². The van der Waals surface area contributed by atoms with Gasteiger partial charge >= 0.3 is 0 Å². The Balaban J connectivity index is 2.00. The Bertz CT molecular complexity index is 446. The van der Waals surface area contributed by atoms with Crippen molar-refractivity contribution in [1.82, 2.24) is 10.2 Å². The van der Waals surface area contributed by atoms with Gasteiger partial charge in [-0.1, -0.05) is 43.7 Å². The van der Waals surface area contributed by atoms with E-state index in [1.165, 1.54) is 5.56 Å². The zero-order valence-corrected chi connectivity index (χ0v) is 13.3. The van der Waals surface area contributed by atoms with Crippen molar-refractivity contribution in [2.24, 2.45) is 5.73 Å². The van der Waals surface area contributed by atoms with Crippen LogP contribution >= 0.6 is 0 Å². The van der Waals surface area contributed by atoms with Crippen LogP contribution in [0.15, 0.2) is 30.3 Å². The summed E-state index contributed by atoms with van der Waals surface area (Å²) < 4.78 is 5.43. The van der Waals surface area contributed by atoms with Crippen LogP contribution < -0.4 is 11.1 Å². The smallest absolute Gasteiger partial charge is 0.236 e. The SMILES string of the molecule is CCCC(N)C(=O)NCC(c1ccccc1)N1CCOCC1. The fourth-order valence-electron chi connectivity index (χ4n) is 2.79. The van der Waals surface area contributed by atoms with Gasteiger partial charge in [0, 0.05) is 19.6 Å². The maximum Gasteiger partial charge on any atom is 0.236 e. The zero-order chi connectivity index (χ0) is 15.8. The molecule has 0 saturated carbocycles. The molecule has 2 rings (SSSR count). The predicted molar refractivity (Wildman–Crippen MR) is 87.5 cm³/mol. The minimum atomic E-state index is -0.411. The lowest BCUT2D eigenvalue weighted by molar-refractivity contribution is -0.122. The van der Waals surface area contributed by atoms with Gasteiger partial charge in [0.1, 0.15) is 0 Å². The molecule has 5 heteroatoms. The molecule has 1 amide bonds. The van der Waals surface area contributed by atoms with Gasteiger partial charge in [-0.2, -0.15) is 0 Å².